The molecule has 0 radical (unpaired) electrons. The number of hydrogen-bond donors (Lipinski definition) is 1. The van der Waals surface area contributed by atoms with E-state index in [0.29, 0.717) is 0 Å². The van der Waals surface area contributed by atoms with Gasteiger partial charge >= 0.3 is 6.09 Å². The molecule has 0 unspecified atom stereocenters. The van der Waals surface area contributed by atoms with Crippen molar-refractivity contribution in [2.24, 2.45) is 0 Å². The van der Waals surface area contributed by atoms with Gasteiger partial charge in [0.1, 0.15) is 11.4 Å². The molecule has 150 valence electrons. The van der Waals surface area contributed by atoms with Crippen molar-refractivity contribution >= 4 is 17.6 Å². The lowest BCUT2D eigenvalue weighted by Crippen LogP contribution is -2.39. The van der Waals surface area contributed by atoms with Gasteiger partial charge in [0.15, 0.2) is 5.65 Å². The number of aromatic nitrogens is 3. The standard InChI is InChI=1S/C10H14N4.C10H19NO2/c1-3-4-8-7-12-10-6-5-9(11-2)13-14(8)10;1-10(2,3)13-9(12)11-7-5-4-6-8-11/h5-7H,3-4H2,1-2H3,(H,11,13);4-8H2,1-3H3. The van der Waals surface area contributed by atoms with E-state index in [1.807, 2.05) is 50.7 Å². The number of nitrogens with one attached hydrogen (secondary N) is 1. The van der Waals surface area contributed by atoms with Crippen molar-refractivity contribution in [2.75, 3.05) is 25.5 Å². The third-order valence-corrected chi connectivity index (χ3v) is 4.20. The molecule has 1 fully saturated rings. The van der Waals surface area contributed by atoms with Gasteiger partial charge in [-0.15, -0.1) is 5.10 Å². The van der Waals surface area contributed by atoms with Gasteiger partial charge in [-0.25, -0.2) is 14.3 Å². The summed E-state index contributed by atoms with van der Waals surface area (Å²) in [7, 11) is 1.87. The zero-order valence-electron chi connectivity index (χ0n) is 17.3. The van der Waals surface area contributed by atoms with Gasteiger partial charge in [-0.2, -0.15) is 0 Å². The smallest absolute Gasteiger partial charge is 0.410 e. The second-order valence-corrected chi connectivity index (χ2v) is 7.77. The maximum absolute atomic E-state index is 11.5. The third-order valence-electron chi connectivity index (χ3n) is 4.20. The molecule has 7 heteroatoms. The highest BCUT2D eigenvalue weighted by Crippen LogP contribution is 2.14. The molecule has 2 aromatic rings. The van der Waals surface area contributed by atoms with E-state index in [1.54, 1.807) is 4.90 Å². The Labute approximate surface area is 162 Å². The first kappa shape index (κ1) is 21.0. The number of nitrogens with zero attached hydrogens (tertiary/aromatic N) is 4. The zero-order chi connectivity index (χ0) is 19.9. The largest absolute Gasteiger partial charge is 0.444 e. The van der Waals surface area contributed by atoms with Crippen LogP contribution in [0.5, 0.6) is 0 Å². The number of hydrogen-bond acceptors (Lipinski definition) is 5. The maximum Gasteiger partial charge on any atom is 0.410 e. The minimum atomic E-state index is -0.367. The molecule has 27 heavy (non-hydrogen) atoms. The third kappa shape index (κ3) is 6.41. The Kier molecular flexibility index (Phi) is 7.45. The predicted octanol–water partition coefficient (Wildman–Crippen LogP) is 4.13. The van der Waals surface area contributed by atoms with Gasteiger partial charge in [0.25, 0.3) is 0 Å². The number of carbonyl (C=O) groups is 1. The van der Waals surface area contributed by atoms with Crippen LogP contribution in [0, 0.1) is 0 Å². The first-order chi connectivity index (χ1) is 12.8. The summed E-state index contributed by atoms with van der Waals surface area (Å²) in [4.78, 5) is 17.6. The average molecular weight is 376 g/mol. The number of piperidine rings is 1. The minimum absolute atomic E-state index is 0.160. The Morgan fingerprint density at radius 2 is 1.93 bits per heavy atom. The minimum Gasteiger partial charge on any atom is -0.444 e. The fourth-order valence-corrected chi connectivity index (χ4v) is 2.88. The molecule has 0 atom stereocenters. The van der Waals surface area contributed by atoms with Gasteiger partial charge < -0.3 is 15.0 Å². The van der Waals surface area contributed by atoms with Crippen LogP contribution < -0.4 is 5.32 Å². The molecule has 1 N–H and O–H groups in total. The second kappa shape index (κ2) is 9.58. The van der Waals surface area contributed by atoms with Crippen LogP contribution in [0.3, 0.4) is 0 Å². The van der Waals surface area contributed by atoms with E-state index < -0.39 is 0 Å². The van der Waals surface area contributed by atoms with Gasteiger partial charge in [-0.3, -0.25) is 0 Å². The van der Waals surface area contributed by atoms with E-state index in [9.17, 15) is 4.79 Å². The van der Waals surface area contributed by atoms with Crippen LogP contribution >= 0.6 is 0 Å². The van der Waals surface area contributed by atoms with E-state index in [4.69, 9.17) is 4.74 Å². The topological polar surface area (TPSA) is 71.8 Å². The van der Waals surface area contributed by atoms with Crippen LogP contribution in [0.15, 0.2) is 18.3 Å². The Morgan fingerprint density at radius 1 is 1.22 bits per heavy atom. The maximum atomic E-state index is 11.5. The Balaban J connectivity index is 0.000000194. The highest BCUT2D eigenvalue weighted by molar-refractivity contribution is 5.68. The molecule has 7 nitrogen and oxygen atoms in total. The summed E-state index contributed by atoms with van der Waals surface area (Å²) in [5, 5.41) is 7.43. The quantitative estimate of drug-likeness (QED) is 0.873. The molecule has 1 amide bonds. The summed E-state index contributed by atoms with van der Waals surface area (Å²) in [6.45, 7) is 9.56. The lowest BCUT2D eigenvalue weighted by molar-refractivity contribution is 0.0216. The van der Waals surface area contributed by atoms with Crippen molar-refractivity contribution < 1.29 is 9.53 Å². The molecule has 1 saturated heterocycles. The number of ether oxygens (including phenoxy) is 1. The van der Waals surface area contributed by atoms with E-state index in [2.05, 4.69) is 22.3 Å². The molecule has 1 aliphatic rings. The summed E-state index contributed by atoms with van der Waals surface area (Å²) in [6, 6.07) is 3.90. The second-order valence-electron chi connectivity index (χ2n) is 7.77. The summed E-state index contributed by atoms with van der Waals surface area (Å²) in [5.74, 6) is 0.868. The molecule has 0 saturated carbocycles. The van der Waals surface area contributed by atoms with Crippen LogP contribution in [0.25, 0.3) is 5.65 Å². The molecular formula is C20H33N5O2. The summed E-state index contributed by atoms with van der Waals surface area (Å²) >= 11 is 0. The van der Waals surface area contributed by atoms with E-state index in [0.717, 1.165) is 50.2 Å². The summed E-state index contributed by atoms with van der Waals surface area (Å²) < 4.78 is 7.16. The van der Waals surface area contributed by atoms with Crippen LogP contribution in [-0.2, 0) is 11.2 Å². The van der Waals surface area contributed by atoms with Crippen LogP contribution in [-0.4, -0.2) is 51.3 Å². The molecule has 3 heterocycles. The van der Waals surface area contributed by atoms with Crippen molar-refractivity contribution in [3.8, 4) is 0 Å². The highest BCUT2D eigenvalue weighted by atomic mass is 16.6. The first-order valence-corrected chi connectivity index (χ1v) is 9.83. The van der Waals surface area contributed by atoms with Crippen LogP contribution in [0.4, 0.5) is 10.6 Å². The Bertz CT molecular complexity index is 730. The number of rotatable bonds is 3. The number of fused-ring (bicyclic) bond motifs is 1. The number of aryl methyl sites for hydroxylation is 1. The summed E-state index contributed by atoms with van der Waals surface area (Å²) in [6.07, 6.45) is 7.32. The number of imidazole rings is 1. The summed E-state index contributed by atoms with van der Waals surface area (Å²) in [5.41, 5.74) is 1.71. The van der Waals surface area contributed by atoms with Crippen LogP contribution in [0.2, 0.25) is 0 Å². The number of amides is 1. The van der Waals surface area contributed by atoms with Crippen molar-refractivity contribution in [3.63, 3.8) is 0 Å². The Hall–Kier alpha value is -2.31. The molecule has 1 aliphatic heterocycles. The van der Waals surface area contributed by atoms with Crippen molar-refractivity contribution in [2.45, 2.75) is 65.4 Å². The van der Waals surface area contributed by atoms with Crippen LogP contribution in [0.1, 0.15) is 59.1 Å². The van der Waals surface area contributed by atoms with Gasteiger partial charge in [-0.1, -0.05) is 13.3 Å². The first-order valence-electron chi connectivity index (χ1n) is 9.83. The zero-order valence-corrected chi connectivity index (χ0v) is 17.3. The van der Waals surface area contributed by atoms with Gasteiger partial charge in [0.05, 0.1) is 11.9 Å². The van der Waals surface area contributed by atoms with Crippen molar-refractivity contribution in [1.82, 2.24) is 19.5 Å². The highest BCUT2D eigenvalue weighted by Gasteiger charge is 2.22. The fourth-order valence-electron chi connectivity index (χ4n) is 2.88. The molecule has 0 bridgehead atoms. The Morgan fingerprint density at radius 3 is 2.52 bits per heavy atom. The molecular weight excluding hydrogens is 342 g/mol. The van der Waals surface area contributed by atoms with E-state index >= 15 is 0 Å². The lowest BCUT2D eigenvalue weighted by atomic mass is 10.1. The average Bonchev–Trinajstić information content (AvgIpc) is 3.04. The molecule has 0 spiro atoms. The van der Waals surface area contributed by atoms with E-state index in [1.165, 1.54) is 12.1 Å². The van der Waals surface area contributed by atoms with E-state index in [-0.39, 0.29) is 11.7 Å². The SMILES string of the molecule is CC(C)(C)OC(=O)N1CCCCC1.CCCc1cnc2ccc(NC)nn12. The van der Waals surface area contributed by atoms with Gasteiger partial charge in [-0.05, 0) is 58.6 Å². The molecule has 0 aliphatic carbocycles. The monoisotopic (exact) mass is 375 g/mol. The van der Waals surface area contributed by atoms with Gasteiger partial charge in [0, 0.05) is 20.1 Å². The predicted molar refractivity (Wildman–Crippen MR) is 108 cm³/mol. The van der Waals surface area contributed by atoms with Crippen molar-refractivity contribution in [3.05, 3.63) is 24.0 Å². The van der Waals surface area contributed by atoms with Gasteiger partial charge in [0.2, 0.25) is 0 Å². The number of carbonyl (C=O) groups excluding carboxylic acids is 1. The molecule has 2 aromatic heterocycles. The normalized spacial score (nSPS) is 14.5. The number of anilines is 1. The molecule has 0 aromatic carbocycles. The number of likely N-dealkylation sites (tertiary alicyclic amines) is 1. The fraction of sp³-hybridized carbons (Fsp3) is 0.650. The molecule has 3 rings (SSSR count). The lowest BCUT2D eigenvalue weighted by Gasteiger charge is -2.29. The van der Waals surface area contributed by atoms with Crippen molar-refractivity contribution in [1.29, 1.82) is 0 Å².